The lowest BCUT2D eigenvalue weighted by Gasteiger charge is -2.37. The molecule has 0 unspecified atom stereocenters. The van der Waals surface area contributed by atoms with E-state index in [2.05, 4.69) is 41.0 Å². The number of anilines is 4. The van der Waals surface area contributed by atoms with Crippen molar-refractivity contribution < 1.29 is 19.2 Å². The Bertz CT molecular complexity index is 1990. The van der Waals surface area contributed by atoms with Gasteiger partial charge in [0.05, 0.1) is 11.9 Å². The van der Waals surface area contributed by atoms with Crippen LogP contribution in [0.2, 0.25) is 0 Å². The third kappa shape index (κ3) is 5.77. The molecule has 0 spiro atoms. The van der Waals surface area contributed by atoms with Gasteiger partial charge in [0.15, 0.2) is 0 Å². The zero-order chi connectivity index (χ0) is 34.5. The van der Waals surface area contributed by atoms with Crippen LogP contribution in [-0.4, -0.2) is 99.3 Å². The van der Waals surface area contributed by atoms with Gasteiger partial charge in [-0.1, -0.05) is 12.8 Å². The molecule has 3 aromatic heterocycles. The monoisotopic (exact) mass is 676 g/mol. The predicted molar refractivity (Wildman–Crippen MR) is 187 cm³/mol. The number of nitrogens with zero attached hydrogens (tertiary/aromatic N) is 8. The maximum Gasteiger partial charge on any atom is 0.270 e. The fourth-order valence-corrected chi connectivity index (χ4v) is 7.74. The Kier molecular flexibility index (Phi) is 8.08. The molecule has 258 valence electrons. The molecular weight excluding hydrogens is 636 g/mol. The number of rotatable bonds is 7. The van der Waals surface area contributed by atoms with E-state index in [-0.39, 0.29) is 30.2 Å². The Morgan fingerprint density at radius 2 is 1.64 bits per heavy atom. The van der Waals surface area contributed by atoms with Gasteiger partial charge in [0, 0.05) is 82.1 Å². The maximum atomic E-state index is 13.1. The van der Waals surface area contributed by atoms with Gasteiger partial charge >= 0.3 is 0 Å². The van der Waals surface area contributed by atoms with E-state index in [1.54, 1.807) is 30.1 Å². The summed E-state index contributed by atoms with van der Waals surface area (Å²) in [5.41, 5.74) is 5.00. The summed E-state index contributed by atoms with van der Waals surface area (Å²) in [6.45, 7) is 3.58. The average Bonchev–Trinajstić information content (AvgIpc) is 3.86. The van der Waals surface area contributed by atoms with Crippen molar-refractivity contribution in [1.29, 1.82) is 0 Å². The molecule has 0 bridgehead atoms. The van der Waals surface area contributed by atoms with Crippen LogP contribution in [0.1, 0.15) is 71.0 Å². The van der Waals surface area contributed by atoms with Crippen LogP contribution in [0.15, 0.2) is 48.8 Å². The summed E-state index contributed by atoms with van der Waals surface area (Å²) >= 11 is 0. The molecule has 50 heavy (non-hydrogen) atoms. The number of nitrogens with one attached hydrogen (secondary N) is 2. The highest BCUT2D eigenvalue weighted by Gasteiger charge is 2.39. The highest BCUT2D eigenvalue weighted by atomic mass is 16.2. The third-order valence-corrected chi connectivity index (χ3v) is 10.4. The zero-order valence-corrected chi connectivity index (χ0v) is 28.3. The van der Waals surface area contributed by atoms with Gasteiger partial charge in [-0.3, -0.25) is 24.5 Å². The first-order valence-corrected chi connectivity index (χ1v) is 17.3. The number of piperazine rings is 1. The van der Waals surface area contributed by atoms with Crippen molar-refractivity contribution in [3.63, 3.8) is 0 Å². The molecule has 4 aromatic rings. The van der Waals surface area contributed by atoms with Crippen LogP contribution in [0, 0.1) is 0 Å². The molecule has 1 aromatic carbocycles. The molecule has 1 saturated carbocycles. The van der Waals surface area contributed by atoms with Crippen molar-refractivity contribution in [2.75, 3.05) is 55.4 Å². The van der Waals surface area contributed by atoms with E-state index < -0.39 is 11.9 Å². The van der Waals surface area contributed by atoms with E-state index in [4.69, 9.17) is 4.98 Å². The van der Waals surface area contributed by atoms with Gasteiger partial charge < -0.3 is 29.5 Å². The Morgan fingerprint density at radius 1 is 0.900 bits per heavy atom. The molecule has 0 radical (unpaired) electrons. The topological polar surface area (TPSA) is 149 Å². The van der Waals surface area contributed by atoms with Crippen LogP contribution in [0.25, 0.3) is 11.0 Å². The fourth-order valence-electron chi connectivity index (χ4n) is 7.74. The summed E-state index contributed by atoms with van der Waals surface area (Å²) in [7, 11) is 3.54. The van der Waals surface area contributed by atoms with Gasteiger partial charge in [0.25, 0.3) is 11.8 Å². The Labute approximate surface area is 289 Å². The number of benzene rings is 1. The maximum absolute atomic E-state index is 13.1. The Morgan fingerprint density at radius 3 is 2.34 bits per heavy atom. The lowest BCUT2D eigenvalue weighted by Crippen LogP contribution is -2.52. The minimum atomic E-state index is -0.617. The molecule has 3 aliphatic heterocycles. The number of hydrogen-bond acceptors (Lipinski definition) is 10. The molecule has 4 aliphatic rings. The normalized spacial score (nSPS) is 19.7. The lowest BCUT2D eigenvalue weighted by atomic mass is 10.0. The van der Waals surface area contributed by atoms with Gasteiger partial charge in [0.2, 0.25) is 17.8 Å². The van der Waals surface area contributed by atoms with E-state index in [9.17, 15) is 19.2 Å². The van der Waals surface area contributed by atoms with E-state index in [1.165, 1.54) is 0 Å². The van der Waals surface area contributed by atoms with Gasteiger partial charge in [-0.05, 0) is 61.2 Å². The first-order valence-electron chi connectivity index (χ1n) is 17.3. The lowest BCUT2D eigenvalue weighted by molar-refractivity contribution is -0.136. The van der Waals surface area contributed by atoms with Crippen molar-refractivity contribution in [3.8, 4) is 0 Å². The summed E-state index contributed by atoms with van der Waals surface area (Å²) in [6.07, 6.45) is 8.56. The van der Waals surface area contributed by atoms with Gasteiger partial charge in [-0.15, -0.1) is 0 Å². The van der Waals surface area contributed by atoms with E-state index in [1.807, 2.05) is 36.5 Å². The molecular formula is C36H40N10O4. The van der Waals surface area contributed by atoms with Crippen molar-refractivity contribution in [2.24, 2.45) is 0 Å². The fraction of sp³-hybridized carbons (Fsp3) is 0.417. The molecule has 1 atom stereocenters. The largest absolute Gasteiger partial charge is 0.368 e. The second kappa shape index (κ2) is 12.7. The molecule has 2 N–H and O–H groups in total. The molecule has 8 rings (SSSR count). The quantitative estimate of drug-likeness (QED) is 0.279. The van der Waals surface area contributed by atoms with Crippen LogP contribution in [-0.2, 0) is 16.1 Å². The Balaban J connectivity index is 0.911. The number of piperidine rings is 1. The van der Waals surface area contributed by atoms with Gasteiger partial charge in [-0.2, -0.15) is 4.98 Å². The zero-order valence-electron chi connectivity index (χ0n) is 28.3. The van der Waals surface area contributed by atoms with E-state index in [0.717, 1.165) is 79.8 Å². The number of fused-ring (bicyclic) bond motifs is 2. The number of pyridine rings is 1. The molecule has 6 heterocycles. The number of carbonyl (C=O) groups excluding carboxylic acids is 4. The molecule has 3 fully saturated rings. The standard InChI is InChI=1S/C36H40N10O4/c1-42(2)35(50)29-18-22-19-38-36(41-32(22)46(29)24-5-3-4-6-24)39-30-11-8-26(20-37-30)44-15-13-43(14-16-44)25-7-9-27-23(17-25)21-45(34(27)49)28-10-12-31(47)40-33(28)48/h7-9,11,17-20,24,28H,3-6,10,12-16,21H2,1-2H3,(H,40,47,48)(H,37,38,39,41)/t28-/m0/s1. The molecule has 14 nitrogen and oxygen atoms in total. The van der Waals surface area contributed by atoms with E-state index >= 15 is 0 Å². The smallest absolute Gasteiger partial charge is 0.270 e. The van der Waals surface area contributed by atoms with E-state index in [0.29, 0.717) is 36.0 Å². The number of imide groups is 1. The number of carbonyl (C=O) groups is 4. The minimum Gasteiger partial charge on any atom is -0.368 e. The first-order chi connectivity index (χ1) is 24.2. The van der Waals surface area contributed by atoms with Crippen LogP contribution in [0.4, 0.5) is 23.1 Å². The summed E-state index contributed by atoms with van der Waals surface area (Å²) in [6, 6.07) is 11.4. The highest BCUT2D eigenvalue weighted by Crippen LogP contribution is 2.35. The minimum absolute atomic E-state index is 0.0374. The number of hydrogen-bond donors (Lipinski definition) is 2. The summed E-state index contributed by atoms with van der Waals surface area (Å²) in [4.78, 5) is 72.0. The highest BCUT2D eigenvalue weighted by molar-refractivity contribution is 6.05. The van der Waals surface area contributed by atoms with Crippen LogP contribution >= 0.6 is 0 Å². The average molecular weight is 677 g/mol. The van der Waals surface area contributed by atoms with Crippen molar-refractivity contribution >= 4 is 57.8 Å². The number of aromatic nitrogens is 4. The predicted octanol–water partition coefficient (Wildman–Crippen LogP) is 3.47. The van der Waals surface area contributed by atoms with Crippen LogP contribution < -0.4 is 20.4 Å². The molecule has 2 saturated heterocycles. The molecule has 14 heteroatoms. The van der Waals surface area contributed by atoms with Gasteiger partial charge in [0.1, 0.15) is 23.2 Å². The van der Waals surface area contributed by atoms with Crippen molar-refractivity contribution in [3.05, 3.63) is 65.6 Å². The van der Waals surface area contributed by atoms with Crippen LogP contribution in [0.5, 0.6) is 0 Å². The summed E-state index contributed by atoms with van der Waals surface area (Å²) in [5, 5.41) is 6.46. The van der Waals surface area contributed by atoms with Crippen molar-refractivity contribution in [2.45, 2.75) is 57.2 Å². The number of amides is 4. The SMILES string of the molecule is CN(C)C(=O)c1cc2cnc(Nc3ccc(N4CCN(c5ccc6c(c5)CN([C@H]5CCC(=O)NC5=O)C6=O)CC4)cn3)nc2n1C1CCCC1. The second-order valence-corrected chi connectivity index (χ2v) is 13.8. The summed E-state index contributed by atoms with van der Waals surface area (Å²) in [5.74, 6) is 0.184. The Hall–Kier alpha value is -5.53. The third-order valence-electron chi connectivity index (χ3n) is 10.4. The summed E-state index contributed by atoms with van der Waals surface area (Å²) < 4.78 is 2.10. The van der Waals surface area contributed by atoms with Gasteiger partial charge in [-0.25, -0.2) is 9.97 Å². The second-order valence-electron chi connectivity index (χ2n) is 13.8. The molecule has 1 aliphatic carbocycles. The van der Waals surface area contributed by atoms with Crippen molar-refractivity contribution in [1.82, 2.24) is 34.6 Å². The van der Waals surface area contributed by atoms with Crippen LogP contribution in [0.3, 0.4) is 0 Å². The molecule has 4 amide bonds. The first kappa shape index (κ1) is 31.7.